The van der Waals surface area contributed by atoms with Crippen molar-refractivity contribution in [3.8, 4) is 0 Å². The first-order chi connectivity index (χ1) is 9.38. The Bertz CT molecular complexity index is 699. The molecule has 0 atom stereocenters. The number of nitrogens with zero attached hydrogens (tertiary/aromatic N) is 2. The minimum atomic E-state index is -1.17. The van der Waals surface area contributed by atoms with E-state index in [-0.39, 0.29) is 23.0 Å². The van der Waals surface area contributed by atoms with Crippen LogP contribution < -0.4 is 5.32 Å². The van der Waals surface area contributed by atoms with Gasteiger partial charge in [0.15, 0.2) is 0 Å². The number of aryl methyl sites for hydroxylation is 1. The summed E-state index contributed by atoms with van der Waals surface area (Å²) in [5.74, 6) is -1.77. The highest BCUT2D eigenvalue weighted by Crippen LogP contribution is 2.31. The molecule has 1 heterocycles. The van der Waals surface area contributed by atoms with E-state index < -0.39 is 11.9 Å². The number of carboxylic acids is 1. The molecule has 0 aliphatic carbocycles. The molecule has 104 valence electrons. The lowest BCUT2D eigenvalue weighted by Gasteiger charge is -2.10. The number of aromatic carboxylic acids is 1. The van der Waals surface area contributed by atoms with Gasteiger partial charge < -0.3 is 14.9 Å². The topological polar surface area (TPSA) is 105 Å². The zero-order chi connectivity index (χ0) is 14.9. The molecule has 2 rings (SSSR count). The molecule has 0 unspecified atom stereocenters. The summed E-state index contributed by atoms with van der Waals surface area (Å²) in [7, 11) is 0. The maximum atomic E-state index is 11.9. The van der Waals surface area contributed by atoms with Gasteiger partial charge in [0.1, 0.15) is 0 Å². The van der Waals surface area contributed by atoms with E-state index >= 15 is 0 Å². The summed E-state index contributed by atoms with van der Waals surface area (Å²) in [5, 5.41) is 15.1. The summed E-state index contributed by atoms with van der Waals surface area (Å²) in [6.07, 6.45) is 0. The first-order valence-electron chi connectivity index (χ1n) is 5.22. The van der Waals surface area contributed by atoms with Gasteiger partial charge in [-0.25, -0.2) is 4.79 Å². The van der Waals surface area contributed by atoms with E-state index in [0.717, 1.165) is 0 Å². The fraction of sp³-hybridized carbons (Fsp3) is 0.0909. The molecule has 0 bridgehead atoms. The molecule has 7 nitrogen and oxygen atoms in total. The van der Waals surface area contributed by atoms with Crippen LogP contribution in [-0.4, -0.2) is 27.1 Å². The highest BCUT2D eigenvalue weighted by molar-refractivity contribution is 9.11. The minimum absolute atomic E-state index is 0.0696. The fourth-order valence-corrected chi connectivity index (χ4v) is 2.75. The molecule has 9 heteroatoms. The molecule has 1 aromatic heterocycles. The van der Waals surface area contributed by atoms with Crippen molar-refractivity contribution in [3.05, 3.63) is 38.4 Å². The van der Waals surface area contributed by atoms with E-state index in [1.54, 1.807) is 13.0 Å². The van der Waals surface area contributed by atoms with Gasteiger partial charge in [-0.15, -0.1) is 0 Å². The predicted octanol–water partition coefficient (Wildman–Crippen LogP) is 2.85. The van der Waals surface area contributed by atoms with E-state index in [4.69, 9.17) is 9.63 Å². The van der Waals surface area contributed by atoms with Crippen molar-refractivity contribution in [2.45, 2.75) is 6.92 Å². The Hall–Kier alpha value is -1.74. The molecule has 1 aromatic carbocycles. The number of hydrogen-bond donors (Lipinski definition) is 2. The maximum absolute atomic E-state index is 11.9. The van der Waals surface area contributed by atoms with Gasteiger partial charge in [0, 0.05) is 15.9 Å². The van der Waals surface area contributed by atoms with E-state index in [0.29, 0.717) is 8.95 Å². The molecule has 0 saturated carbocycles. The third-order valence-corrected chi connectivity index (χ3v) is 3.34. The Labute approximate surface area is 129 Å². The minimum Gasteiger partial charge on any atom is -0.478 e. The lowest BCUT2D eigenvalue weighted by molar-refractivity contribution is 0.0698. The molecule has 0 aliphatic rings. The summed E-state index contributed by atoms with van der Waals surface area (Å²) < 4.78 is 5.67. The summed E-state index contributed by atoms with van der Waals surface area (Å²) in [6.45, 7) is 1.54. The van der Waals surface area contributed by atoms with Crippen LogP contribution in [0.3, 0.4) is 0 Å². The molecule has 1 amide bonds. The van der Waals surface area contributed by atoms with Gasteiger partial charge in [-0.05, 0) is 28.1 Å². The predicted molar refractivity (Wildman–Crippen MR) is 75.8 cm³/mol. The number of carbonyl (C=O) groups is 2. The van der Waals surface area contributed by atoms with Crippen molar-refractivity contribution in [2.24, 2.45) is 0 Å². The van der Waals surface area contributed by atoms with Gasteiger partial charge >= 0.3 is 5.97 Å². The van der Waals surface area contributed by atoms with Crippen molar-refractivity contribution < 1.29 is 19.2 Å². The fourth-order valence-electron chi connectivity index (χ4n) is 1.43. The van der Waals surface area contributed by atoms with Crippen LogP contribution in [0.2, 0.25) is 0 Å². The van der Waals surface area contributed by atoms with Gasteiger partial charge in [0.25, 0.3) is 11.7 Å². The number of amides is 1. The summed E-state index contributed by atoms with van der Waals surface area (Å²) in [4.78, 5) is 26.9. The Morgan fingerprint density at radius 3 is 2.60 bits per heavy atom. The summed E-state index contributed by atoms with van der Waals surface area (Å²) in [5.41, 5.74) is 0.0490. The van der Waals surface area contributed by atoms with Crippen LogP contribution in [-0.2, 0) is 0 Å². The van der Waals surface area contributed by atoms with Crippen molar-refractivity contribution >= 4 is 49.4 Å². The Balaban J connectivity index is 2.38. The van der Waals surface area contributed by atoms with E-state index in [9.17, 15) is 9.59 Å². The SMILES string of the molecule is Cc1nc(C(=O)Nc2c(Br)cc(Br)cc2C(=O)O)no1. The molecule has 0 saturated heterocycles. The van der Waals surface area contributed by atoms with Crippen LogP contribution in [0, 0.1) is 6.92 Å². The number of carboxylic acid groups (broad SMARTS) is 1. The third-order valence-electron chi connectivity index (χ3n) is 2.25. The zero-order valence-electron chi connectivity index (χ0n) is 9.98. The monoisotopic (exact) mass is 403 g/mol. The molecule has 2 aromatic rings. The maximum Gasteiger partial charge on any atom is 0.337 e. The van der Waals surface area contributed by atoms with Gasteiger partial charge in [0.2, 0.25) is 5.89 Å². The van der Waals surface area contributed by atoms with E-state index in [1.807, 2.05) is 0 Å². The lowest BCUT2D eigenvalue weighted by Crippen LogP contribution is -2.16. The Morgan fingerprint density at radius 1 is 1.35 bits per heavy atom. The highest BCUT2D eigenvalue weighted by atomic mass is 79.9. The molecule has 0 fully saturated rings. The number of benzene rings is 1. The number of nitrogens with one attached hydrogen (secondary N) is 1. The van der Waals surface area contributed by atoms with Crippen LogP contribution in [0.25, 0.3) is 0 Å². The van der Waals surface area contributed by atoms with Crippen molar-refractivity contribution in [2.75, 3.05) is 5.32 Å². The van der Waals surface area contributed by atoms with Crippen LogP contribution >= 0.6 is 31.9 Å². The third kappa shape index (κ3) is 3.05. The number of halogens is 2. The van der Waals surface area contributed by atoms with Gasteiger partial charge in [-0.1, -0.05) is 21.1 Å². The Kier molecular flexibility index (Phi) is 4.19. The molecule has 0 aliphatic heterocycles. The van der Waals surface area contributed by atoms with Gasteiger partial charge in [-0.3, -0.25) is 4.79 Å². The molecular weight excluding hydrogens is 398 g/mol. The number of rotatable bonds is 3. The second-order valence-corrected chi connectivity index (χ2v) is 5.48. The first kappa shape index (κ1) is 14.7. The van der Waals surface area contributed by atoms with Crippen LogP contribution in [0.15, 0.2) is 25.6 Å². The van der Waals surface area contributed by atoms with Gasteiger partial charge in [0.05, 0.1) is 11.3 Å². The molecule has 20 heavy (non-hydrogen) atoms. The lowest BCUT2D eigenvalue weighted by atomic mass is 10.2. The average Bonchev–Trinajstić information content (AvgIpc) is 2.78. The largest absolute Gasteiger partial charge is 0.478 e. The average molecular weight is 405 g/mol. The molecule has 0 radical (unpaired) electrons. The van der Waals surface area contributed by atoms with E-state index in [1.165, 1.54) is 6.07 Å². The van der Waals surface area contributed by atoms with Crippen LogP contribution in [0.5, 0.6) is 0 Å². The van der Waals surface area contributed by atoms with Crippen molar-refractivity contribution in [1.29, 1.82) is 0 Å². The van der Waals surface area contributed by atoms with E-state index in [2.05, 4.69) is 47.3 Å². The van der Waals surface area contributed by atoms with Crippen molar-refractivity contribution in [1.82, 2.24) is 10.1 Å². The standard InChI is InChI=1S/C11H7Br2N3O4/c1-4-14-9(16-20-4)10(17)15-8-6(11(18)19)2-5(12)3-7(8)13/h2-3H,1H3,(H,15,17)(H,18,19). The molecular formula is C11H7Br2N3O4. The number of aromatic nitrogens is 2. The molecule has 2 N–H and O–H groups in total. The van der Waals surface area contributed by atoms with Crippen molar-refractivity contribution in [3.63, 3.8) is 0 Å². The number of carbonyl (C=O) groups excluding carboxylic acids is 1. The first-order valence-corrected chi connectivity index (χ1v) is 6.81. The highest BCUT2D eigenvalue weighted by Gasteiger charge is 2.20. The summed E-state index contributed by atoms with van der Waals surface area (Å²) in [6, 6.07) is 2.99. The summed E-state index contributed by atoms with van der Waals surface area (Å²) >= 11 is 6.38. The Morgan fingerprint density at radius 2 is 2.05 bits per heavy atom. The normalized spacial score (nSPS) is 10.3. The number of anilines is 1. The molecule has 0 spiro atoms. The van der Waals surface area contributed by atoms with Crippen LogP contribution in [0.1, 0.15) is 26.9 Å². The zero-order valence-corrected chi connectivity index (χ0v) is 13.1. The van der Waals surface area contributed by atoms with Crippen LogP contribution in [0.4, 0.5) is 5.69 Å². The smallest absolute Gasteiger partial charge is 0.337 e. The quantitative estimate of drug-likeness (QED) is 0.814. The number of hydrogen-bond acceptors (Lipinski definition) is 5. The second kappa shape index (κ2) is 5.71. The second-order valence-electron chi connectivity index (χ2n) is 3.71. The van der Waals surface area contributed by atoms with Gasteiger partial charge in [-0.2, -0.15) is 4.98 Å².